The predicted molar refractivity (Wildman–Crippen MR) is 219 cm³/mol. The normalized spacial score (nSPS) is 11.0. The van der Waals surface area contributed by atoms with Crippen LogP contribution < -0.4 is 0 Å². The first-order valence-electron chi connectivity index (χ1n) is 17.9. The van der Waals surface area contributed by atoms with Gasteiger partial charge in [0.2, 0.25) is 0 Å². The summed E-state index contributed by atoms with van der Waals surface area (Å²) in [6.07, 6.45) is 11.1. The summed E-state index contributed by atoms with van der Waals surface area (Å²) in [6.45, 7) is 0. The summed E-state index contributed by atoms with van der Waals surface area (Å²) in [5.74, 6) is 0. The molecule has 5 nitrogen and oxygen atoms in total. The molecule has 0 amide bonds. The molecule has 0 aliphatic rings. The lowest BCUT2D eigenvalue weighted by molar-refractivity contribution is 1.25. The van der Waals surface area contributed by atoms with Gasteiger partial charge in [0, 0.05) is 48.3 Å². The topological polar surface area (TPSA) is 64.5 Å². The maximum absolute atomic E-state index is 4.69. The molecular weight excluding hydrogens is 659 g/mol. The van der Waals surface area contributed by atoms with E-state index in [4.69, 9.17) is 9.97 Å². The van der Waals surface area contributed by atoms with Gasteiger partial charge < -0.3 is 0 Å². The Bertz CT molecular complexity index is 2480. The Morgan fingerprint density at radius 2 is 0.574 bits per heavy atom. The van der Waals surface area contributed by atoms with Gasteiger partial charge in [-0.15, -0.1) is 0 Å². The Morgan fingerprint density at radius 1 is 0.222 bits per heavy atom. The summed E-state index contributed by atoms with van der Waals surface area (Å²) in [4.78, 5) is 22.6. The van der Waals surface area contributed by atoms with E-state index in [0.717, 1.165) is 89.5 Å². The van der Waals surface area contributed by atoms with Gasteiger partial charge in [-0.2, -0.15) is 0 Å². The Kier molecular flexibility index (Phi) is 8.86. The van der Waals surface area contributed by atoms with Crippen molar-refractivity contribution >= 4 is 0 Å². The van der Waals surface area contributed by atoms with Crippen LogP contribution in [0.3, 0.4) is 0 Å². The molecule has 54 heavy (non-hydrogen) atoms. The van der Waals surface area contributed by atoms with Gasteiger partial charge in [-0.05, 0) is 116 Å². The van der Waals surface area contributed by atoms with E-state index in [2.05, 4.69) is 124 Å². The highest BCUT2D eigenvalue weighted by molar-refractivity contribution is 5.83. The van der Waals surface area contributed by atoms with Crippen LogP contribution in [0, 0.1) is 0 Å². The van der Waals surface area contributed by atoms with E-state index in [-0.39, 0.29) is 0 Å². The van der Waals surface area contributed by atoms with Gasteiger partial charge in [-0.25, -0.2) is 0 Å². The molecule has 0 unspecified atom stereocenters. The van der Waals surface area contributed by atoms with Crippen LogP contribution in [0.1, 0.15) is 0 Å². The summed E-state index contributed by atoms with van der Waals surface area (Å²) in [7, 11) is 0. The van der Waals surface area contributed by atoms with Crippen LogP contribution in [-0.2, 0) is 0 Å². The van der Waals surface area contributed by atoms with Gasteiger partial charge in [-0.1, -0.05) is 103 Å². The Morgan fingerprint density at radius 3 is 0.889 bits per heavy atom. The summed E-state index contributed by atoms with van der Waals surface area (Å²) in [5.41, 5.74) is 16.9. The minimum atomic E-state index is 0.858. The number of aromatic nitrogens is 5. The number of nitrogens with zero attached hydrogens (tertiary/aromatic N) is 5. The second-order valence-electron chi connectivity index (χ2n) is 13.1. The zero-order chi connectivity index (χ0) is 36.1. The molecule has 0 aliphatic carbocycles. The average molecular weight is 692 g/mol. The summed E-state index contributed by atoms with van der Waals surface area (Å²) < 4.78 is 0. The molecule has 0 saturated carbocycles. The minimum Gasteiger partial charge on any atom is -0.264 e. The van der Waals surface area contributed by atoms with Crippen molar-refractivity contribution in [2.45, 2.75) is 0 Å². The van der Waals surface area contributed by atoms with Gasteiger partial charge in [0.15, 0.2) is 0 Å². The van der Waals surface area contributed by atoms with Gasteiger partial charge in [0.05, 0.1) is 22.8 Å². The molecule has 0 N–H and O–H groups in total. The van der Waals surface area contributed by atoms with Gasteiger partial charge >= 0.3 is 0 Å². The smallest absolute Gasteiger partial charge is 0.0886 e. The van der Waals surface area contributed by atoms with Gasteiger partial charge in [-0.3, -0.25) is 24.9 Å². The fourth-order valence-electron chi connectivity index (χ4n) is 6.69. The van der Waals surface area contributed by atoms with Crippen LogP contribution in [0.5, 0.6) is 0 Å². The van der Waals surface area contributed by atoms with Crippen molar-refractivity contribution < 1.29 is 0 Å². The van der Waals surface area contributed by atoms with Crippen LogP contribution in [0.15, 0.2) is 201 Å². The highest BCUT2D eigenvalue weighted by atomic mass is 14.8. The van der Waals surface area contributed by atoms with Crippen molar-refractivity contribution in [1.29, 1.82) is 0 Å². The molecule has 254 valence electrons. The number of hydrogen-bond acceptors (Lipinski definition) is 5. The van der Waals surface area contributed by atoms with Crippen molar-refractivity contribution in [2.75, 3.05) is 0 Å². The van der Waals surface area contributed by atoms with Crippen molar-refractivity contribution in [2.24, 2.45) is 0 Å². The standard InChI is InChI=1S/C49H33N5/c1-3-26-51-46(7-1)48-23-21-41(32-53-48)35-11-17-38(18-12-35)44-28-43(37-15-9-34(10-16-37)40-6-5-25-50-31-40)29-45(30-44)39-19-13-36(14-20-39)42-22-24-49(54-33-42)47-8-2-4-27-52-47/h1-33H. The first-order valence-corrected chi connectivity index (χ1v) is 17.9. The molecular formula is C49H33N5. The largest absolute Gasteiger partial charge is 0.264 e. The molecule has 0 aliphatic heterocycles. The van der Waals surface area contributed by atoms with Gasteiger partial charge in [0.25, 0.3) is 0 Å². The monoisotopic (exact) mass is 691 g/mol. The van der Waals surface area contributed by atoms with E-state index in [0.29, 0.717) is 0 Å². The third-order valence-electron chi connectivity index (χ3n) is 9.63. The van der Waals surface area contributed by atoms with E-state index < -0.39 is 0 Å². The Balaban J connectivity index is 1.04. The lowest BCUT2D eigenvalue weighted by Crippen LogP contribution is -1.89. The van der Waals surface area contributed by atoms with E-state index in [9.17, 15) is 0 Å². The van der Waals surface area contributed by atoms with Crippen molar-refractivity contribution in [1.82, 2.24) is 24.9 Å². The molecule has 4 aromatic carbocycles. The van der Waals surface area contributed by atoms with Crippen LogP contribution in [-0.4, -0.2) is 24.9 Å². The van der Waals surface area contributed by atoms with Crippen LogP contribution >= 0.6 is 0 Å². The molecule has 9 rings (SSSR count). The molecule has 9 aromatic rings. The first kappa shape index (κ1) is 32.5. The number of pyridine rings is 5. The summed E-state index contributed by atoms with van der Waals surface area (Å²) in [5, 5.41) is 0. The summed E-state index contributed by atoms with van der Waals surface area (Å²) in [6, 6.07) is 57.1. The van der Waals surface area contributed by atoms with E-state index in [1.54, 1.807) is 18.6 Å². The van der Waals surface area contributed by atoms with E-state index in [1.165, 1.54) is 0 Å². The molecule has 0 saturated heterocycles. The summed E-state index contributed by atoms with van der Waals surface area (Å²) >= 11 is 0. The highest BCUT2D eigenvalue weighted by Crippen LogP contribution is 2.36. The van der Waals surface area contributed by atoms with Crippen molar-refractivity contribution in [3.05, 3.63) is 201 Å². The quantitative estimate of drug-likeness (QED) is 0.159. The molecule has 0 radical (unpaired) electrons. The zero-order valence-corrected chi connectivity index (χ0v) is 29.3. The van der Waals surface area contributed by atoms with Crippen molar-refractivity contribution in [3.8, 4) is 89.5 Å². The lowest BCUT2D eigenvalue weighted by Gasteiger charge is -2.13. The molecule has 0 atom stereocenters. The SMILES string of the molecule is c1ccc(-c2ccc(-c3ccc(-c4cc(-c5ccc(-c6cccnc6)cc5)cc(-c5ccc(-c6ccc(-c7ccccn7)nc6)cc5)c4)cc3)cn2)nc1. The lowest BCUT2D eigenvalue weighted by atomic mass is 9.91. The fraction of sp³-hybridized carbons (Fsp3) is 0. The van der Waals surface area contributed by atoms with Crippen LogP contribution in [0.2, 0.25) is 0 Å². The molecule has 5 heteroatoms. The molecule has 5 aromatic heterocycles. The third kappa shape index (κ3) is 6.94. The van der Waals surface area contributed by atoms with E-state index in [1.807, 2.05) is 73.2 Å². The highest BCUT2D eigenvalue weighted by Gasteiger charge is 2.11. The van der Waals surface area contributed by atoms with Gasteiger partial charge in [0.1, 0.15) is 0 Å². The predicted octanol–water partition coefficient (Wildman–Crippen LogP) is 12.0. The first-order chi connectivity index (χ1) is 26.7. The minimum absolute atomic E-state index is 0.858. The molecule has 0 fully saturated rings. The number of rotatable bonds is 8. The Hall–Kier alpha value is -7.37. The maximum atomic E-state index is 4.69. The van der Waals surface area contributed by atoms with E-state index >= 15 is 0 Å². The average Bonchev–Trinajstić information content (AvgIpc) is 3.27. The fourth-order valence-corrected chi connectivity index (χ4v) is 6.69. The molecule has 5 heterocycles. The third-order valence-corrected chi connectivity index (χ3v) is 9.63. The Labute approximate surface area is 314 Å². The van der Waals surface area contributed by atoms with Crippen LogP contribution in [0.25, 0.3) is 89.5 Å². The maximum Gasteiger partial charge on any atom is 0.0886 e. The van der Waals surface area contributed by atoms with Crippen molar-refractivity contribution in [3.63, 3.8) is 0 Å². The number of hydrogen-bond donors (Lipinski definition) is 0. The number of benzene rings is 4. The zero-order valence-electron chi connectivity index (χ0n) is 29.3. The molecule has 0 spiro atoms. The molecule has 0 bridgehead atoms. The van der Waals surface area contributed by atoms with Crippen LogP contribution in [0.4, 0.5) is 0 Å². The second-order valence-corrected chi connectivity index (χ2v) is 13.1. The second kappa shape index (κ2) is 14.7.